The highest BCUT2D eigenvalue weighted by atomic mass is 35.5. The van der Waals surface area contributed by atoms with Crippen LogP contribution in [-0.2, 0) is 0 Å². The molecule has 0 unspecified atom stereocenters. The van der Waals surface area contributed by atoms with Crippen LogP contribution in [0.3, 0.4) is 0 Å². The Balaban J connectivity index is 1.95. The van der Waals surface area contributed by atoms with Gasteiger partial charge < -0.3 is 25.4 Å². The Bertz CT molecular complexity index is 1090. The molecule has 1 fully saturated rings. The second-order valence-corrected chi connectivity index (χ2v) is 8.19. The van der Waals surface area contributed by atoms with Crippen molar-refractivity contribution < 1.29 is 41.4 Å². The van der Waals surface area contributed by atoms with Gasteiger partial charge in [-0.3, -0.25) is 4.79 Å². The van der Waals surface area contributed by atoms with E-state index in [1.165, 1.54) is 17.0 Å². The average Bonchev–Trinajstić information content (AvgIpc) is 3.26. The largest absolute Gasteiger partial charge is 0.480 e. The summed E-state index contributed by atoms with van der Waals surface area (Å²) in [4.78, 5) is 26.6. The van der Waals surface area contributed by atoms with Crippen LogP contribution in [0.1, 0.15) is 30.1 Å². The van der Waals surface area contributed by atoms with Crippen LogP contribution in [-0.4, -0.2) is 53.4 Å². The number of nitrogens with zero attached hydrogens (tertiary/aromatic N) is 1. The minimum atomic E-state index is -4.83. The normalized spacial score (nSPS) is 16.7. The molecular weight excluding hydrogens is 501 g/mol. The minimum Gasteiger partial charge on any atom is -0.480 e. The van der Waals surface area contributed by atoms with Crippen molar-refractivity contribution in [2.24, 2.45) is 0 Å². The highest BCUT2D eigenvalue weighted by Crippen LogP contribution is 2.33. The molecule has 2 atom stereocenters. The SMILES string of the molecule is C[C@H](Oc1cc(NC(=O)N2CCC[C@@H]2CO)c(F)cc1C(=O)Nc1c(F)cccc1Cl)C(F)(F)F. The van der Waals surface area contributed by atoms with Gasteiger partial charge in [0.05, 0.1) is 34.6 Å². The number of rotatable bonds is 6. The number of carbonyl (C=O) groups is 2. The zero-order chi connectivity index (χ0) is 25.9. The number of aliphatic hydroxyl groups excluding tert-OH is 1. The molecule has 7 nitrogen and oxygen atoms in total. The van der Waals surface area contributed by atoms with Crippen molar-refractivity contribution in [2.45, 2.75) is 38.1 Å². The lowest BCUT2D eigenvalue weighted by molar-refractivity contribution is -0.189. The number of benzene rings is 2. The molecule has 35 heavy (non-hydrogen) atoms. The first kappa shape index (κ1) is 26.5. The Labute approximate surface area is 201 Å². The van der Waals surface area contributed by atoms with Gasteiger partial charge in [-0.2, -0.15) is 13.2 Å². The third-order valence-electron chi connectivity index (χ3n) is 5.37. The summed E-state index contributed by atoms with van der Waals surface area (Å²) in [5.41, 5.74) is -1.70. The van der Waals surface area contributed by atoms with E-state index in [1.807, 2.05) is 0 Å². The number of urea groups is 1. The van der Waals surface area contributed by atoms with Crippen LogP contribution in [0.2, 0.25) is 5.02 Å². The molecule has 0 spiro atoms. The predicted molar refractivity (Wildman–Crippen MR) is 118 cm³/mol. The average molecular weight is 522 g/mol. The van der Waals surface area contributed by atoms with Crippen molar-refractivity contribution >= 4 is 34.9 Å². The fourth-order valence-electron chi connectivity index (χ4n) is 3.46. The Kier molecular flexibility index (Phi) is 8.06. The first-order valence-corrected chi connectivity index (χ1v) is 10.8. The number of anilines is 2. The summed E-state index contributed by atoms with van der Waals surface area (Å²) in [6.07, 6.45) is -6.10. The van der Waals surface area contributed by atoms with E-state index in [0.29, 0.717) is 25.8 Å². The molecule has 0 radical (unpaired) electrons. The number of amides is 3. The number of hydrogen-bond donors (Lipinski definition) is 3. The standard InChI is InChI=1S/C22H21ClF5N3O4/c1-11(22(26,27)28)35-18-9-17(29-21(34)31-7-3-4-12(31)10-32)16(25)8-13(18)20(33)30-19-14(23)5-2-6-15(19)24/h2,5-6,8-9,11-12,32H,3-4,7,10H2,1H3,(H,29,34)(H,30,33)/t11-,12+/m0/s1. The Hall–Kier alpha value is -3.12. The summed E-state index contributed by atoms with van der Waals surface area (Å²) in [5, 5.41) is 13.5. The summed E-state index contributed by atoms with van der Waals surface area (Å²) in [6.45, 7) is 0.648. The summed E-state index contributed by atoms with van der Waals surface area (Å²) >= 11 is 5.87. The van der Waals surface area contributed by atoms with Crippen molar-refractivity contribution in [1.29, 1.82) is 0 Å². The topological polar surface area (TPSA) is 90.9 Å². The van der Waals surface area contributed by atoms with Crippen molar-refractivity contribution in [3.63, 3.8) is 0 Å². The van der Waals surface area contributed by atoms with Crippen molar-refractivity contribution in [2.75, 3.05) is 23.8 Å². The number of likely N-dealkylation sites (tertiary alicyclic amines) is 1. The van der Waals surface area contributed by atoms with Gasteiger partial charge in [0.25, 0.3) is 5.91 Å². The van der Waals surface area contributed by atoms with Crippen LogP contribution in [0.25, 0.3) is 0 Å². The van der Waals surface area contributed by atoms with Gasteiger partial charge in [-0.1, -0.05) is 17.7 Å². The molecule has 1 saturated heterocycles. The van der Waals surface area contributed by atoms with Gasteiger partial charge in [-0.15, -0.1) is 0 Å². The third-order valence-corrected chi connectivity index (χ3v) is 5.69. The molecule has 0 aliphatic carbocycles. The molecule has 1 heterocycles. The molecule has 0 bridgehead atoms. The zero-order valence-electron chi connectivity index (χ0n) is 18.3. The van der Waals surface area contributed by atoms with Gasteiger partial charge in [0.2, 0.25) is 0 Å². The molecule has 190 valence electrons. The van der Waals surface area contributed by atoms with E-state index in [9.17, 15) is 36.6 Å². The monoisotopic (exact) mass is 521 g/mol. The van der Waals surface area contributed by atoms with Crippen LogP contribution < -0.4 is 15.4 Å². The number of para-hydroxylation sites is 1. The Morgan fingerprint density at radius 2 is 1.94 bits per heavy atom. The molecule has 1 aliphatic heterocycles. The second-order valence-electron chi connectivity index (χ2n) is 7.78. The number of nitrogens with one attached hydrogen (secondary N) is 2. The molecule has 3 amide bonds. The van der Waals surface area contributed by atoms with Gasteiger partial charge in [0.15, 0.2) is 6.10 Å². The summed E-state index contributed by atoms with van der Waals surface area (Å²) in [6, 6.07) is 3.54. The quantitative estimate of drug-likeness (QED) is 0.456. The number of alkyl halides is 3. The van der Waals surface area contributed by atoms with Crippen LogP contribution in [0, 0.1) is 11.6 Å². The van der Waals surface area contributed by atoms with E-state index < -0.39 is 64.6 Å². The highest BCUT2D eigenvalue weighted by molar-refractivity contribution is 6.34. The first-order valence-electron chi connectivity index (χ1n) is 10.4. The maximum Gasteiger partial charge on any atom is 0.425 e. The number of hydrogen-bond acceptors (Lipinski definition) is 4. The maximum atomic E-state index is 14.8. The molecular formula is C22H21ClF5N3O4. The molecule has 3 rings (SSSR count). The van der Waals surface area contributed by atoms with Crippen molar-refractivity contribution in [3.05, 3.63) is 52.6 Å². The lowest BCUT2D eigenvalue weighted by Crippen LogP contribution is -2.40. The predicted octanol–water partition coefficient (Wildman–Crippen LogP) is 5.19. The molecule has 0 aromatic heterocycles. The second kappa shape index (κ2) is 10.6. The van der Waals surface area contributed by atoms with Crippen LogP contribution in [0.15, 0.2) is 30.3 Å². The number of carbonyl (C=O) groups excluding carboxylic acids is 2. The lowest BCUT2D eigenvalue weighted by atomic mass is 10.1. The fourth-order valence-corrected chi connectivity index (χ4v) is 3.67. The van der Waals surface area contributed by atoms with Gasteiger partial charge in [0.1, 0.15) is 17.4 Å². The molecule has 13 heteroatoms. The Morgan fingerprint density at radius 3 is 2.57 bits per heavy atom. The highest BCUT2D eigenvalue weighted by Gasteiger charge is 2.39. The summed E-state index contributed by atoms with van der Waals surface area (Å²) in [5.74, 6) is -3.99. The van der Waals surface area contributed by atoms with Gasteiger partial charge in [-0.25, -0.2) is 13.6 Å². The molecule has 0 saturated carbocycles. The number of aliphatic hydroxyl groups is 1. The fraction of sp³-hybridized carbons (Fsp3) is 0.364. The Morgan fingerprint density at radius 1 is 1.23 bits per heavy atom. The van der Waals surface area contributed by atoms with Crippen molar-refractivity contribution in [1.82, 2.24) is 4.90 Å². The van der Waals surface area contributed by atoms with Gasteiger partial charge >= 0.3 is 12.2 Å². The minimum absolute atomic E-state index is 0.196. The van der Waals surface area contributed by atoms with Crippen molar-refractivity contribution in [3.8, 4) is 5.75 Å². The molecule has 2 aromatic rings. The lowest BCUT2D eigenvalue weighted by Gasteiger charge is -2.24. The van der Waals surface area contributed by atoms with E-state index in [0.717, 1.165) is 12.1 Å². The summed E-state index contributed by atoms with van der Waals surface area (Å²) < 4.78 is 73.2. The van der Waals surface area contributed by atoms with Gasteiger partial charge in [-0.05, 0) is 38.0 Å². The summed E-state index contributed by atoms with van der Waals surface area (Å²) in [7, 11) is 0. The van der Waals surface area contributed by atoms with Crippen LogP contribution >= 0.6 is 11.6 Å². The van der Waals surface area contributed by atoms with E-state index >= 15 is 0 Å². The van der Waals surface area contributed by atoms with Crippen LogP contribution in [0.5, 0.6) is 5.75 Å². The number of halogens is 6. The van der Waals surface area contributed by atoms with Crippen LogP contribution in [0.4, 0.5) is 38.1 Å². The van der Waals surface area contributed by atoms with E-state index in [1.54, 1.807) is 0 Å². The number of ether oxygens (including phenoxy) is 1. The maximum absolute atomic E-state index is 14.8. The first-order chi connectivity index (χ1) is 16.4. The van der Waals surface area contributed by atoms with E-state index in [4.69, 9.17) is 16.3 Å². The molecule has 3 N–H and O–H groups in total. The van der Waals surface area contributed by atoms with Gasteiger partial charge in [0, 0.05) is 12.6 Å². The smallest absolute Gasteiger partial charge is 0.425 e. The molecule has 1 aliphatic rings. The van der Waals surface area contributed by atoms with E-state index in [-0.39, 0.29) is 18.2 Å². The zero-order valence-corrected chi connectivity index (χ0v) is 19.0. The van der Waals surface area contributed by atoms with E-state index in [2.05, 4.69) is 10.6 Å². The third kappa shape index (κ3) is 6.12. The molecule has 2 aromatic carbocycles.